The summed E-state index contributed by atoms with van der Waals surface area (Å²) in [7, 11) is 7.86. The van der Waals surface area contributed by atoms with Crippen LogP contribution in [0, 0.1) is 0 Å². The highest BCUT2D eigenvalue weighted by Gasteiger charge is 2.21. The van der Waals surface area contributed by atoms with E-state index in [0.717, 1.165) is 65.2 Å². The van der Waals surface area contributed by atoms with Crippen molar-refractivity contribution in [2.24, 2.45) is 4.99 Å². The lowest BCUT2D eigenvalue weighted by molar-refractivity contribution is 0.0975. The Balaban J connectivity index is 1.70. The lowest BCUT2D eigenvalue weighted by Gasteiger charge is -2.22. The van der Waals surface area contributed by atoms with Crippen molar-refractivity contribution in [3.8, 4) is 5.75 Å². The number of aliphatic imine (C=N–C) groups is 1. The van der Waals surface area contributed by atoms with Crippen LogP contribution in [0.1, 0.15) is 66.6 Å². The molecule has 5 heteroatoms. The fourth-order valence-electron chi connectivity index (χ4n) is 5.04. The molecule has 0 spiro atoms. The molecule has 3 rings (SSSR count). The first-order valence-electron chi connectivity index (χ1n) is 13.4. The highest BCUT2D eigenvalue weighted by Crippen LogP contribution is 2.33. The van der Waals surface area contributed by atoms with Crippen LogP contribution in [0.25, 0.3) is 5.70 Å². The van der Waals surface area contributed by atoms with Gasteiger partial charge in [-0.25, -0.2) is 0 Å². The lowest BCUT2D eigenvalue weighted by Crippen LogP contribution is -2.27. The van der Waals surface area contributed by atoms with Crippen LogP contribution in [0.3, 0.4) is 0 Å². The Hall–Kier alpha value is -3.44. The van der Waals surface area contributed by atoms with Crippen molar-refractivity contribution in [2.45, 2.75) is 58.4 Å². The number of ketones is 1. The number of fused-ring (bicyclic) bond motifs is 1. The van der Waals surface area contributed by atoms with Crippen molar-refractivity contribution < 1.29 is 9.53 Å². The first-order valence-corrected chi connectivity index (χ1v) is 13.4. The largest absolute Gasteiger partial charge is 0.496 e. The average Bonchev–Trinajstić information content (AvgIpc) is 2.99. The molecule has 1 unspecified atom stereocenters. The molecule has 0 amide bonds. The summed E-state index contributed by atoms with van der Waals surface area (Å²) in [6, 6.07) is 14.6. The third kappa shape index (κ3) is 7.11. The van der Waals surface area contributed by atoms with E-state index in [2.05, 4.69) is 62.2 Å². The van der Waals surface area contributed by atoms with E-state index in [1.54, 1.807) is 7.11 Å². The van der Waals surface area contributed by atoms with Gasteiger partial charge in [-0.2, -0.15) is 0 Å². The summed E-state index contributed by atoms with van der Waals surface area (Å²) in [4.78, 5) is 21.9. The monoisotopic (exact) mass is 513 g/mol. The van der Waals surface area contributed by atoms with Gasteiger partial charge in [0.15, 0.2) is 5.78 Å². The number of likely N-dealkylation sites (N-methyl/N-ethyl adjacent to an activating group) is 1. The first-order chi connectivity index (χ1) is 18.2. The minimum Gasteiger partial charge on any atom is -0.496 e. The van der Waals surface area contributed by atoms with Crippen molar-refractivity contribution in [2.75, 3.05) is 28.3 Å². The zero-order valence-electron chi connectivity index (χ0n) is 24.0. The molecule has 202 valence electrons. The summed E-state index contributed by atoms with van der Waals surface area (Å²) in [5.41, 5.74) is 7.92. The fourth-order valence-corrected chi connectivity index (χ4v) is 5.04. The Bertz CT molecular complexity index is 1240. The number of Topliss-reactive ketones (excluding diaryl/α,β-unsaturated/α-hetero) is 1. The number of nitrogens with zero attached hydrogens (tertiary/aromatic N) is 3. The summed E-state index contributed by atoms with van der Waals surface area (Å²) in [5.74, 6) is 0.882. The van der Waals surface area contributed by atoms with Crippen molar-refractivity contribution in [1.82, 2.24) is 9.80 Å². The van der Waals surface area contributed by atoms with Gasteiger partial charge in [0.05, 0.1) is 19.0 Å². The van der Waals surface area contributed by atoms with E-state index in [1.165, 1.54) is 5.56 Å². The number of carbonyl (C=O) groups excluding carboxylic acids is 1. The molecule has 0 N–H and O–H groups in total. The van der Waals surface area contributed by atoms with E-state index in [4.69, 9.17) is 9.73 Å². The molecule has 1 heterocycles. The minimum absolute atomic E-state index is 0.162. The van der Waals surface area contributed by atoms with E-state index in [-0.39, 0.29) is 5.78 Å². The number of rotatable bonds is 11. The highest BCUT2D eigenvalue weighted by molar-refractivity contribution is 5.96. The van der Waals surface area contributed by atoms with Crippen molar-refractivity contribution in [3.05, 3.63) is 95.3 Å². The Kier molecular flexibility index (Phi) is 10.3. The molecule has 0 radical (unpaired) electrons. The van der Waals surface area contributed by atoms with Crippen LogP contribution in [0.4, 0.5) is 0 Å². The van der Waals surface area contributed by atoms with Crippen LogP contribution in [0.15, 0.2) is 78.1 Å². The molecule has 38 heavy (non-hydrogen) atoms. The molecule has 0 aromatic heterocycles. The molecule has 0 bridgehead atoms. The molecule has 2 aromatic rings. The topological polar surface area (TPSA) is 45.1 Å². The van der Waals surface area contributed by atoms with Gasteiger partial charge in [-0.05, 0) is 69.5 Å². The normalized spacial score (nSPS) is 16.0. The number of allylic oxidation sites excluding steroid dienone is 1. The Morgan fingerprint density at radius 2 is 1.95 bits per heavy atom. The standard InChI is InChI=1S/C33H43N3O2/c1-9-29(35(5)6)14-12-16-32(37)27-17-18-28(33(21-27)38-8)20-24(3)34-22-31-23(2)19-26-13-10-11-15-30(26)25(4)36(31)7/h10-11,13,15,17-18,21-22,29H,2,4,9,12,14,16,19-20H2,1,3,5-8H3/b31-22+,34-24?. The number of carbonyl (C=O) groups is 1. The van der Waals surface area contributed by atoms with Gasteiger partial charge in [-0.3, -0.25) is 9.79 Å². The third-order valence-corrected chi connectivity index (χ3v) is 7.47. The SMILES string of the molecule is C=C1Cc2ccccc2C(=C)N(C)/C1=C/N=C(C)Cc1ccc(C(=O)CCCC(CC)N(C)C)cc1OC. The predicted molar refractivity (Wildman–Crippen MR) is 160 cm³/mol. The van der Waals surface area contributed by atoms with Crippen molar-refractivity contribution in [3.63, 3.8) is 0 Å². The van der Waals surface area contributed by atoms with Crippen LogP contribution < -0.4 is 4.74 Å². The van der Waals surface area contributed by atoms with Gasteiger partial charge < -0.3 is 14.5 Å². The van der Waals surface area contributed by atoms with Gasteiger partial charge >= 0.3 is 0 Å². The van der Waals surface area contributed by atoms with Crippen LogP contribution in [-0.4, -0.2) is 55.6 Å². The maximum atomic E-state index is 12.8. The van der Waals surface area contributed by atoms with Crippen LogP contribution >= 0.6 is 0 Å². The molecule has 1 atom stereocenters. The number of ether oxygens (including phenoxy) is 1. The first kappa shape index (κ1) is 29.1. The second kappa shape index (κ2) is 13.4. The summed E-state index contributed by atoms with van der Waals surface area (Å²) >= 11 is 0. The third-order valence-electron chi connectivity index (χ3n) is 7.47. The Labute approximate surface area is 229 Å². The van der Waals surface area contributed by atoms with Crippen molar-refractivity contribution >= 4 is 17.2 Å². The van der Waals surface area contributed by atoms with Gasteiger partial charge in [-0.1, -0.05) is 56.5 Å². The average molecular weight is 514 g/mol. The van der Waals surface area contributed by atoms with E-state index >= 15 is 0 Å². The summed E-state index contributed by atoms with van der Waals surface area (Å²) in [5, 5.41) is 0. The van der Waals surface area contributed by atoms with Gasteiger partial charge in [0, 0.05) is 48.5 Å². The smallest absolute Gasteiger partial charge is 0.163 e. The van der Waals surface area contributed by atoms with Gasteiger partial charge in [-0.15, -0.1) is 0 Å². The van der Waals surface area contributed by atoms with Gasteiger partial charge in [0.1, 0.15) is 5.75 Å². The molecule has 0 saturated carbocycles. The molecule has 1 aliphatic rings. The molecule has 0 fully saturated rings. The summed E-state index contributed by atoms with van der Waals surface area (Å²) < 4.78 is 5.66. The summed E-state index contributed by atoms with van der Waals surface area (Å²) in [6.07, 6.45) is 6.82. The maximum absolute atomic E-state index is 12.8. The van der Waals surface area contributed by atoms with E-state index in [1.807, 2.05) is 44.4 Å². The number of hydrogen-bond acceptors (Lipinski definition) is 5. The molecule has 5 nitrogen and oxygen atoms in total. The fraction of sp³-hybridized carbons (Fsp3) is 0.394. The van der Waals surface area contributed by atoms with Gasteiger partial charge in [0.25, 0.3) is 0 Å². The molecule has 1 aliphatic heterocycles. The quantitative estimate of drug-likeness (QED) is 0.241. The second-order valence-electron chi connectivity index (χ2n) is 10.4. The predicted octanol–water partition coefficient (Wildman–Crippen LogP) is 6.95. The zero-order chi connectivity index (χ0) is 27.8. The summed E-state index contributed by atoms with van der Waals surface area (Å²) in [6.45, 7) is 12.8. The Morgan fingerprint density at radius 3 is 2.63 bits per heavy atom. The minimum atomic E-state index is 0.162. The molecule has 2 aromatic carbocycles. The molecule has 0 saturated heterocycles. The lowest BCUT2D eigenvalue weighted by atomic mass is 9.99. The van der Waals surface area contributed by atoms with E-state index in [0.29, 0.717) is 24.4 Å². The van der Waals surface area contributed by atoms with Crippen molar-refractivity contribution in [1.29, 1.82) is 0 Å². The zero-order valence-corrected chi connectivity index (χ0v) is 24.0. The molecular formula is C33H43N3O2. The van der Waals surface area contributed by atoms with Crippen LogP contribution in [0.2, 0.25) is 0 Å². The van der Waals surface area contributed by atoms with Crippen LogP contribution in [-0.2, 0) is 12.8 Å². The maximum Gasteiger partial charge on any atom is 0.163 e. The molecular weight excluding hydrogens is 470 g/mol. The van der Waals surface area contributed by atoms with Gasteiger partial charge in [0.2, 0.25) is 0 Å². The molecule has 0 aliphatic carbocycles. The number of hydrogen-bond donors (Lipinski definition) is 0. The Morgan fingerprint density at radius 1 is 1.21 bits per heavy atom. The number of methoxy groups -OCH3 is 1. The highest BCUT2D eigenvalue weighted by atomic mass is 16.5. The van der Waals surface area contributed by atoms with E-state index < -0.39 is 0 Å². The van der Waals surface area contributed by atoms with Crippen LogP contribution in [0.5, 0.6) is 5.75 Å². The van der Waals surface area contributed by atoms with E-state index in [9.17, 15) is 4.79 Å². The second-order valence-corrected chi connectivity index (χ2v) is 10.4. The number of benzene rings is 2.